The zero-order valence-electron chi connectivity index (χ0n) is 10.9. The van der Waals surface area contributed by atoms with E-state index in [-0.39, 0.29) is 17.2 Å². The van der Waals surface area contributed by atoms with Gasteiger partial charge in [-0.3, -0.25) is 10.1 Å². The Labute approximate surface area is 125 Å². The molecule has 0 unspecified atom stereocenters. The van der Waals surface area contributed by atoms with Crippen LogP contribution < -0.4 is 0 Å². The summed E-state index contributed by atoms with van der Waals surface area (Å²) in [4.78, 5) is 10.6. The van der Waals surface area contributed by atoms with Crippen LogP contribution in [0.1, 0.15) is 22.6 Å². The fraction of sp³-hybridized carbons (Fsp3) is 0.200. The van der Waals surface area contributed by atoms with Crippen molar-refractivity contribution in [2.24, 2.45) is 0 Å². The lowest BCUT2D eigenvalue weighted by Crippen LogP contribution is -2.14. The summed E-state index contributed by atoms with van der Waals surface area (Å²) in [5.74, 6) is -0.404. The van der Waals surface area contributed by atoms with E-state index in [0.29, 0.717) is 5.56 Å². The Morgan fingerprint density at radius 1 is 1.25 bits per heavy atom. The molecule has 104 valence electrons. The second-order valence-corrected chi connectivity index (χ2v) is 5.51. The Hall–Kier alpha value is -1.88. The molecule has 4 nitrogen and oxygen atoms in total. The van der Waals surface area contributed by atoms with Crippen molar-refractivity contribution in [2.45, 2.75) is 12.8 Å². The van der Waals surface area contributed by atoms with Crippen molar-refractivity contribution in [1.29, 1.82) is 0 Å². The van der Waals surface area contributed by atoms with Gasteiger partial charge in [0.05, 0.1) is 5.92 Å². The van der Waals surface area contributed by atoms with Crippen molar-refractivity contribution >= 4 is 15.9 Å². The fourth-order valence-electron chi connectivity index (χ4n) is 2.22. The van der Waals surface area contributed by atoms with E-state index in [2.05, 4.69) is 15.9 Å². The van der Waals surface area contributed by atoms with Crippen LogP contribution in [0.3, 0.4) is 0 Å². The number of benzene rings is 2. The highest BCUT2D eigenvalue weighted by Crippen LogP contribution is 2.35. The van der Waals surface area contributed by atoms with Crippen molar-refractivity contribution in [2.75, 3.05) is 6.54 Å². The van der Waals surface area contributed by atoms with E-state index in [0.717, 1.165) is 15.6 Å². The number of phenols is 1. The summed E-state index contributed by atoms with van der Waals surface area (Å²) < 4.78 is 0.799. The van der Waals surface area contributed by atoms with Crippen molar-refractivity contribution in [3.8, 4) is 5.75 Å². The molecule has 0 heterocycles. The van der Waals surface area contributed by atoms with Gasteiger partial charge in [0.15, 0.2) is 0 Å². The highest BCUT2D eigenvalue weighted by Gasteiger charge is 2.24. The molecule has 0 aliphatic rings. The summed E-state index contributed by atoms with van der Waals surface area (Å²) in [6, 6.07) is 12.5. The number of halogens is 1. The minimum absolute atomic E-state index is 0.0817. The number of aryl methyl sites for hydroxylation is 1. The smallest absolute Gasteiger partial charge is 0.214 e. The summed E-state index contributed by atoms with van der Waals surface area (Å²) in [6.07, 6.45) is 0. The molecule has 2 aromatic carbocycles. The van der Waals surface area contributed by atoms with Gasteiger partial charge >= 0.3 is 0 Å². The molecule has 2 rings (SSSR count). The quantitative estimate of drug-likeness (QED) is 0.681. The van der Waals surface area contributed by atoms with E-state index in [1.165, 1.54) is 0 Å². The molecule has 1 N–H and O–H groups in total. The molecule has 0 aliphatic carbocycles. The van der Waals surface area contributed by atoms with Crippen LogP contribution in [0.25, 0.3) is 0 Å². The Morgan fingerprint density at radius 2 is 1.95 bits per heavy atom. The minimum Gasteiger partial charge on any atom is -0.508 e. The van der Waals surface area contributed by atoms with Crippen LogP contribution in [-0.2, 0) is 0 Å². The van der Waals surface area contributed by atoms with Crippen LogP contribution in [0.5, 0.6) is 5.75 Å². The van der Waals surface area contributed by atoms with Crippen LogP contribution in [0.2, 0.25) is 0 Å². The van der Waals surface area contributed by atoms with Crippen molar-refractivity contribution in [3.63, 3.8) is 0 Å². The molecule has 0 fully saturated rings. The van der Waals surface area contributed by atoms with Gasteiger partial charge in [-0.1, -0.05) is 51.8 Å². The largest absolute Gasteiger partial charge is 0.508 e. The number of rotatable bonds is 4. The van der Waals surface area contributed by atoms with E-state index in [9.17, 15) is 15.2 Å². The van der Waals surface area contributed by atoms with E-state index in [4.69, 9.17) is 0 Å². The maximum absolute atomic E-state index is 11.0. The average Bonchev–Trinajstić information content (AvgIpc) is 2.40. The van der Waals surface area contributed by atoms with E-state index >= 15 is 0 Å². The molecule has 0 saturated carbocycles. The van der Waals surface area contributed by atoms with E-state index in [1.807, 2.05) is 31.2 Å². The summed E-state index contributed by atoms with van der Waals surface area (Å²) in [7, 11) is 0. The van der Waals surface area contributed by atoms with Crippen LogP contribution in [0, 0.1) is 17.0 Å². The SMILES string of the molecule is Cc1ccc(O)c([C@@H](C[N+](=O)[O-])c2ccccc2Br)c1. The third-order valence-electron chi connectivity index (χ3n) is 3.17. The third-order valence-corrected chi connectivity index (χ3v) is 3.89. The van der Waals surface area contributed by atoms with Gasteiger partial charge in [-0.05, 0) is 24.6 Å². The number of hydrogen-bond acceptors (Lipinski definition) is 3. The average molecular weight is 336 g/mol. The van der Waals surface area contributed by atoms with Gasteiger partial charge in [0.2, 0.25) is 6.54 Å². The molecular formula is C15H14BrNO3. The number of phenolic OH excluding ortho intramolecular Hbond substituents is 1. The standard InChI is InChI=1S/C15H14BrNO3/c1-10-6-7-15(18)12(8-10)13(9-17(19)20)11-4-2-3-5-14(11)16/h2-8,13,18H,9H2,1H3/t13-/m0/s1. The first-order valence-electron chi connectivity index (χ1n) is 6.14. The van der Waals surface area contributed by atoms with Gasteiger partial charge in [0.25, 0.3) is 0 Å². The number of nitro groups is 1. The van der Waals surface area contributed by atoms with Gasteiger partial charge in [-0.25, -0.2) is 0 Å². The highest BCUT2D eigenvalue weighted by atomic mass is 79.9. The van der Waals surface area contributed by atoms with Crippen LogP contribution >= 0.6 is 15.9 Å². The highest BCUT2D eigenvalue weighted by molar-refractivity contribution is 9.10. The fourth-order valence-corrected chi connectivity index (χ4v) is 2.79. The van der Waals surface area contributed by atoms with Gasteiger partial charge in [0.1, 0.15) is 5.75 Å². The molecule has 0 bridgehead atoms. The molecule has 0 aliphatic heterocycles. The Morgan fingerprint density at radius 3 is 2.60 bits per heavy atom. The summed E-state index contributed by atoms with van der Waals surface area (Å²) >= 11 is 3.42. The van der Waals surface area contributed by atoms with Crippen molar-refractivity contribution < 1.29 is 10.0 Å². The molecule has 0 radical (unpaired) electrons. The topological polar surface area (TPSA) is 63.4 Å². The van der Waals surface area contributed by atoms with Crippen molar-refractivity contribution in [3.05, 3.63) is 73.7 Å². The summed E-state index contributed by atoms with van der Waals surface area (Å²) in [5, 5.41) is 21.0. The Bertz CT molecular complexity index is 643. The lowest BCUT2D eigenvalue weighted by molar-refractivity contribution is -0.481. The van der Waals surface area contributed by atoms with Gasteiger partial charge < -0.3 is 5.11 Å². The zero-order valence-corrected chi connectivity index (χ0v) is 12.5. The first-order valence-corrected chi connectivity index (χ1v) is 6.94. The lowest BCUT2D eigenvalue weighted by Gasteiger charge is -2.17. The number of hydrogen-bond donors (Lipinski definition) is 1. The summed E-state index contributed by atoms with van der Waals surface area (Å²) in [5.41, 5.74) is 2.33. The van der Waals surface area contributed by atoms with Crippen LogP contribution in [-0.4, -0.2) is 16.6 Å². The van der Waals surface area contributed by atoms with Gasteiger partial charge in [0, 0.05) is 15.0 Å². The predicted molar refractivity (Wildman–Crippen MR) is 80.7 cm³/mol. The zero-order chi connectivity index (χ0) is 14.7. The molecule has 2 aromatic rings. The second-order valence-electron chi connectivity index (χ2n) is 4.65. The second kappa shape index (κ2) is 6.05. The maximum atomic E-state index is 11.0. The van der Waals surface area contributed by atoms with Crippen molar-refractivity contribution in [1.82, 2.24) is 0 Å². The Balaban J connectivity index is 2.56. The molecule has 0 amide bonds. The van der Waals surface area contributed by atoms with Gasteiger partial charge in [-0.15, -0.1) is 0 Å². The molecule has 1 atom stereocenters. The van der Waals surface area contributed by atoms with Gasteiger partial charge in [-0.2, -0.15) is 0 Å². The Kier molecular flexibility index (Phi) is 4.39. The predicted octanol–water partition coefficient (Wildman–Crippen LogP) is 3.87. The minimum atomic E-state index is -0.486. The number of nitrogens with zero attached hydrogens (tertiary/aromatic N) is 1. The summed E-state index contributed by atoms with van der Waals surface area (Å²) in [6.45, 7) is 1.63. The maximum Gasteiger partial charge on any atom is 0.214 e. The van der Waals surface area contributed by atoms with E-state index in [1.54, 1.807) is 18.2 Å². The molecule has 5 heteroatoms. The monoisotopic (exact) mass is 335 g/mol. The first-order chi connectivity index (χ1) is 9.49. The molecular weight excluding hydrogens is 322 g/mol. The third kappa shape index (κ3) is 3.17. The molecule has 0 spiro atoms. The first kappa shape index (κ1) is 14.5. The lowest BCUT2D eigenvalue weighted by atomic mass is 9.90. The number of aromatic hydroxyl groups is 1. The van der Waals surface area contributed by atoms with Crippen LogP contribution in [0.15, 0.2) is 46.9 Å². The molecule has 0 saturated heterocycles. The van der Waals surface area contributed by atoms with E-state index < -0.39 is 5.92 Å². The molecule has 0 aromatic heterocycles. The molecule has 20 heavy (non-hydrogen) atoms. The normalized spacial score (nSPS) is 12.1. The van der Waals surface area contributed by atoms with Crippen LogP contribution in [0.4, 0.5) is 0 Å².